The molecule has 0 aliphatic rings. The van der Waals surface area contributed by atoms with Gasteiger partial charge in [-0.1, -0.05) is 6.92 Å². The van der Waals surface area contributed by atoms with Crippen molar-refractivity contribution in [3.63, 3.8) is 0 Å². The summed E-state index contributed by atoms with van der Waals surface area (Å²) in [5.41, 5.74) is 1.57. The zero-order chi connectivity index (χ0) is 15.9. The zero-order valence-corrected chi connectivity index (χ0v) is 12.8. The summed E-state index contributed by atoms with van der Waals surface area (Å²) in [4.78, 5) is 24.1. The smallest absolute Gasteiger partial charge is 0.327 e. The van der Waals surface area contributed by atoms with Crippen LogP contribution in [0.25, 0.3) is 16.6 Å². The van der Waals surface area contributed by atoms with Crippen LogP contribution < -0.4 is 5.56 Å². The first-order valence-electron chi connectivity index (χ1n) is 7.22. The van der Waals surface area contributed by atoms with Gasteiger partial charge in [0.2, 0.25) is 0 Å². The van der Waals surface area contributed by atoms with Gasteiger partial charge in [0, 0.05) is 18.6 Å². The van der Waals surface area contributed by atoms with Gasteiger partial charge in [-0.2, -0.15) is 5.10 Å². The average molecular weight is 303 g/mol. The molecule has 0 aliphatic heterocycles. The molecule has 0 bridgehead atoms. The van der Waals surface area contributed by atoms with E-state index in [2.05, 4.69) is 5.10 Å². The number of esters is 1. The molecule has 0 atom stereocenters. The largest absolute Gasteiger partial charge is 0.465 e. The number of ether oxygens (including phenoxy) is 1. The molecule has 0 radical (unpaired) electrons. The van der Waals surface area contributed by atoms with Crippen LogP contribution in [0, 0.1) is 6.92 Å². The van der Waals surface area contributed by atoms with Crippen molar-refractivity contribution < 1.29 is 13.9 Å². The molecule has 3 aromatic rings. The molecule has 0 spiro atoms. The normalized spacial score (nSPS) is 11.4. The zero-order valence-electron chi connectivity index (χ0n) is 12.8. The molecule has 0 fully saturated rings. The van der Waals surface area contributed by atoms with Gasteiger partial charge in [-0.05, 0) is 13.8 Å². The van der Waals surface area contributed by atoms with Gasteiger partial charge in [0.05, 0.1) is 12.1 Å². The van der Waals surface area contributed by atoms with Crippen molar-refractivity contribution in [2.24, 2.45) is 0 Å². The van der Waals surface area contributed by atoms with E-state index in [1.165, 1.54) is 0 Å². The summed E-state index contributed by atoms with van der Waals surface area (Å²) in [5, 5.41) is 4.30. The lowest BCUT2D eigenvalue weighted by Crippen LogP contribution is -2.30. The Morgan fingerprint density at radius 3 is 2.77 bits per heavy atom. The van der Waals surface area contributed by atoms with Crippen molar-refractivity contribution in [3.8, 4) is 0 Å². The topological polar surface area (TPSA) is 78.7 Å². The monoisotopic (exact) mass is 303 g/mol. The molecule has 0 amide bonds. The summed E-state index contributed by atoms with van der Waals surface area (Å²) in [6, 6.07) is 3.56. The van der Waals surface area contributed by atoms with Crippen LogP contribution in [0.3, 0.4) is 0 Å². The van der Waals surface area contributed by atoms with Crippen molar-refractivity contribution in [1.29, 1.82) is 0 Å². The fourth-order valence-corrected chi connectivity index (χ4v) is 2.58. The third kappa shape index (κ3) is 2.18. The Kier molecular flexibility index (Phi) is 3.48. The Morgan fingerprint density at radius 2 is 2.09 bits per heavy atom. The maximum Gasteiger partial charge on any atom is 0.327 e. The van der Waals surface area contributed by atoms with Crippen LogP contribution in [-0.2, 0) is 22.5 Å². The predicted octanol–water partition coefficient (Wildman–Crippen LogP) is 1.68. The highest BCUT2D eigenvalue weighted by Gasteiger charge is 2.17. The Bertz CT molecular complexity index is 916. The summed E-state index contributed by atoms with van der Waals surface area (Å²) < 4.78 is 13.4. The number of aryl methyl sites for hydroxylation is 2. The van der Waals surface area contributed by atoms with Crippen molar-refractivity contribution in [2.45, 2.75) is 33.7 Å². The number of aromatic nitrogens is 3. The fourth-order valence-electron chi connectivity index (χ4n) is 2.58. The van der Waals surface area contributed by atoms with Gasteiger partial charge < -0.3 is 9.15 Å². The van der Waals surface area contributed by atoms with E-state index in [1.807, 2.05) is 19.9 Å². The third-order valence-electron chi connectivity index (χ3n) is 3.46. The molecule has 22 heavy (non-hydrogen) atoms. The second-order valence-electron chi connectivity index (χ2n) is 5.01. The van der Waals surface area contributed by atoms with E-state index >= 15 is 0 Å². The average Bonchev–Trinajstić information content (AvgIpc) is 2.98. The standard InChI is InChI=1S/C15H17N3O4/c1-4-13-16-17(8-14(19)21-5-2)15(20)11-7-12-10(18(11)13)6-9(3)22-12/h6-7H,4-5,8H2,1-3H3. The van der Waals surface area contributed by atoms with Crippen LogP contribution in [-0.4, -0.2) is 26.8 Å². The molecule has 3 heterocycles. The van der Waals surface area contributed by atoms with Gasteiger partial charge in [-0.15, -0.1) is 0 Å². The highest BCUT2D eigenvalue weighted by atomic mass is 16.5. The summed E-state index contributed by atoms with van der Waals surface area (Å²) in [7, 11) is 0. The molecule has 116 valence electrons. The van der Waals surface area contributed by atoms with E-state index in [0.29, 0.717) is 23.3 Å². The molecule has 3 aromatic heterocycles. The number of rotatable bonds is 4. The minimum atomic E-state index is -0.477. The van der Waals surface area contributed by atoms with Gasteiger partial charge >= 0.3 is 5.97 Å². The van der Waals surface area contributed by atoms with Crippen LogP contribution >= 0.6 is 0 Å². The van der Waals surface area contributed by atoms with Crippen molar-refractivity contribution in [3.05, 3.63) is 34.1 Å². The predicted molar refractivity (Wildman–Crippen MR) is 80.0 cm³/mol. The minimum Gasteiger partial charge on any atom is -0.465 e. The molecule has 0 unspecified atom stereocenters. The molecule has 0 aliphatic carbocycles. The number of nitrogens with zero attached hydrogens (tertiary/aromatic N) is 3. The van der Waals surface area contributed by atoms with E-state index in [0.717, 1.165) is 16.0 Å². The molecule has 7 heteroatoms. The first kappa shape index (κ1) is 14.4. The number of carbonyl (C=O) groups excluding carboxylic acids is 1. The van der Waals surface area contributed by atoms with E-state index in [1.54, 1.807) is 17.4 Å². The highest BCUT2D eigenvalue weighted by molar-refractivity contribution is 5.83. The first-order valence-corrected chi connectivity index (χ1v) is 7.22. The Balaban J connectivity index is 2.22. The molecule has 7 nitrogen and oxygen atoms in total. The Labute approximate surface area is 126 Å². The molecule has 0 aromatic carbocycles. The molecular weight excluding hydrogens is 286 g/mol. The second-order valence-corrected chi connectivity index (χ2v) is 5.01. The number of fused-ring (bicyclic) bond motifs is 3. The van der Waals surface area contributed by atoms with Gasteiger partial charge in [0.1, 0.15) is 23.6 Å². The molecule has 0 saturated carbocycles. The van der Waals surface area contributed by atoms with Gasteiger partial charge in [0.15, 0.2) is 5.58 Å². The summed E-state index contributed by atoms with van der Waals surface area (Å²) >= 11 is 0. The van der Waals surface area contributed by atoms with Crippen molar-refractivity contribution >= 4 is 22.6 Å². The van der Waals surface area contributed by atoms with Crippen LogP contribution in [0.5, 0.6) is 0 Å². The lowest BCUT2D eigenvalue weighted by molar-refractivity contribution is -0.144. The molecule has 0 N–H and O–H groups in total. The van der Waals surface area contributed by atoms with E-state index in [-0.39, 0.29) is 18.7 Å². The quantitative estimate of drug-likeness (QED) is 0.685. The molecular formula is C15H17N3O4. The van der Waals surface area contributed by atoms with Crippen molar-refractivity contribution in [1.82, 2.24) is 14.2 Å². The van der Waals surface area contributed by atoms with Crippen molar-refractivity contribution in [2.75, 3.05) is 6.61 Å². The summed E-state index contributed by atoms with van der Waals surface area (Å²) in [6.07, 6.45) is 0.619. The number of hydrogen-bond donors (Lipinski definition) is 0. The van der Waals surface area contributed by atoms with E-state index in [9.17, 15) is 9.59 Å². The van der Waals surface area contributed by atoms with Crippen LogP contribution in [0.4, 0.5) is 0 Å². The molecule has 3 rings (SSSR count). The second kappa shape index (κ2) is 5.32. The summed E-state index contributed by atoms with van der Waals surface area (Å²) in [5.74, 6) is 0.987. The fraction of sp³-hybridized carbons (Fsp3) is 0.400. The Morgan fingerprint density at radius 1 is 1.32 bits per heavy atom. The van der Waals surface area contributed by atoms with Gasteiger partial charge in [0.25, 0.3) is 5.56 Å². The number of hydrogen-bond acceptors (Lipinski definition) is 5. The maximum absolute atomic E-state index is 12.5. The van der Waals surface area contributed by atoms with Gasteiger partial charge in [-0.25, -0.2) is 4.68 Å². The third-order valence-corrected chi connectivity index (χ3v) is 3.46. The maximum atomic E-state index is 12.5. The lowest BCUT2D eigenvalue weighted by atomic mass is 10.4. The van der Waals surface area contributed by atoms with E-state index in [4.69, 9.17) is 9.15 Å². The minimum absolute atomic E-state index is 0.193. The van der Waals surface area contributed by atoms with Gasteiger partial charge in [-0.3, -0.25) is 14.0 Å². The number of furan rings is 1. The highest BCUT2D eigenvalue weighted by Crippen LogP contribution is 2.23. The Hall–Kier alpha value is -2.57. The first-order chi connectivity index (χ1) is 10.5. The summed E-state index contributed by atoms with van der Waals surface area (Å²) in [6.45, 7) is 5.60. The SMILES string of the molecule is CCOC(=O)Cn1nc(CC)n2c(cc3oc(C)cc32)c1=O. The van der Waals surface area contributed by atoms with Crippen LogP contribution in [0.2, 0.25) is 0 Å². The van der Waals surface area contributed by atoms with Crippen LogP contribution in [0.15, 0.2) is 21.3 Å². The molecule has 0 saturated heterocycles. The lowest BCUT2D eigenvalue weighted by Gasteiger charge is -2.09. The van der Waals surface area contributed by atoms with E-state index < -0.39 is 5.97 Å². The number of carbonyl (C=O) groups is 1. The van der Waals surface area contributed by atoms with Crippen LogP contribution in [0.1, 0.15) is 25.4 Å².